The van der Waals surface area contributed by atoms with Crippen molar-refractivity contribution in [2.75, 3.05) is 0 Å². The second-order valence-corrected chi connectivity index (χ2v) is 6.69. The molecule has 0 saturated carbocycles. The molecule has 0 bridgehead atoms. The molecule has 0 fully saturated rings. The zero-order valence-electron chi connectivity index (χ0n) is 11.3. The van der Waals surface area contributed by atoms with Crippen molar-refractivity contribution in [3.05, 3.63) is 12.4 Å². The predicted molar refractivity (Wildman–Crippen MR) is 69.2 cm³/mol. The third-order valence-electron chi connectivity index (χ3n) is 2.50. The highest BCUT2D eigenvalue weighted by Gasteiger charge is 2.26. The lowest BCUT2D eigenvalue weighted by Crippen LogP contribution is -2.43. The SMILES string of the molecule is CCCC(C)(C)NS(=O)(=O)c1cnn(CC(=O)O)c1. The van der Waals surface area contributed by atoms with Crippen LogP contribution < -0.4 is 4.72 Å². The number of hydrogen-bond acceptors (Lipinski definition) is 4. The maximum atomic E-state index is 12.1. The molecule has 0 aliphatic rings. The van der Waals surface area contributed by atoms with Crippen molar-refractivity contribution < 1.29 is 18.3 Å². The fourth-order valence-electron chi connectivity index (χ4n) is 1.81. The molecule has 19 heavy (non-hydrogen) atoms. The molecule has 0 aromatic carbocycles. The van der Waals surface area contributed by atoms with Crippen LogP contribution in [0, 0.1) is 0 Å². The fourth-order valence-corrected chi connectivity index (χ4v) is 3.20. The second kappa shape index (κ2) is 5.70. The van der Waals surface area contributed by atoms with Crippen molar-refractivity contribution in [3.8, 4) is 0 Å². The molecule has 0 aliphatic heterocycles. The smallest absolute Gasteiger partial charge is 0.325 e. The number of nitrogens with one attached hydrogen (secondary N) is 1. The largest absolute Gasteiger partial charge is 0.480 e. The van der Waals surface area contributed by atoms with E-state index >= 15 is 0 Å². The summed E-state index contributed by atoms with van der Waals surface area (Å²) in [6, 6.07) is 0. The Kier molecular flexibility index (Phi) is 4.70. The van der Waals surface area contributed by atoms with Crippen LogP contribution in [0.2, 0.25) is 0 Å². The van der Waals surface area contributed by atoms with Crippen molar-refractivity contribution >= 4 is 16.0 Å². The monoisotopic (exact) mass is 289 g/mol. The topological polar surface area (TPSA) is 101 Å². The van der Waals surface area contributed by atoms with E-state index in [0.717, 1.165) is 17.3 Å². The van der Waals surface area contributed by atoms with Gasteiger partial charge in [-0.25, -0.2) is 13.1 Å². The zero-order valence-corrected chi connectivity index (χ0v) is 12.1. The minimum absolute atomic E-state index is 0.0297. The number of carbonyl (C=O) groups is 1. The molecule has 0 amide bonds. The molecule has 1 aromatic rings. The van der Waals surface area contributed by atoms with Gasteiger partial charge < -0.3 is 5.11 Å². The van der Waals surface area contributed by atoms with Crippen LogP contribution in [0.3, 0.4) is 0 Å². The van der Waals surface area contributed by atoms with Gasteiger partial charge in [0.15, 0.2) is 0 Å². The lowest BCUT2D eigenvalue weighted by atomic mass is 10.0. The maximum absolute atomic E-state index is 12.1. The van der Waals surface area contributed by atoms with E-state index in [-0.39, 0.29) is 11.4 Å². The first-order valence-corrected chi connectivity index (χ1v) is 7.43. The molecule has 0 unspecified atom stereocenters. The molecule has 2 N–H and O–H groups in total. The van der Waals surface area contributed by atoms with Crippen molar-refractivity contribution in [2.24, 2.45) is 0 Å². The van der Waals surface area contributed by atoms with Crippen LogP contribution in [0.15, 0.2) is 17.3 Å². The van der Waals surface area contributed by atoms with Crippen LogP contribution in [-0.2, 0) is 21.4 Å². The van der Waals surface area contributed by atoms with Gasteiger partial charge in [-0.3, -0.25) is 9.48 Å². The molecular weight excluding hydrogens is 270 g/mol. The Morgan fingerprint density at radius 2 is 2.16 bits per heavy atom. The number of rotatable bonds is 7. The van der Waals surface area contributed by atoms with E-state index in [1.54, 1.807) is 13.8 Å². The summed E-state index contributed by atoms with van der Waals surface area (Å²) in [5.74, 6) is -1.08. The lowest BCUT2D eigenvalue weighted by Gasteiger charge is -2.24. The van der Waals surface area contributed by atoms with E-state index in [1.165, 1.54) is 6.20 Å². The molecule has 7 nitrogen and oxygen atoms in total. The van der Waals surface area contributed by atoms with E-state index in [4.69, 9.17) is 5.11 Å². The molecule has 108 valence electrons. The molecule has 0 atom stereocenters. The highest BCUT2D eigenvalue weighted by atomic mass is 32.2. The van der Waals surface area contributed by atoms with Gasteiger partial charge in [-0.15, -0.1) is 0 Å². The highest BCUT2D eigenvalue weighted by Crippen LogP contribution is 2.16. The van der Waals surface area contributed by atoms with Gasteiger partial charge >= 0.3 is 5.97 Å². The summed E-state index contributed by atoms with van der Waals surface area (Å²) in [6.45, 7) is 5.21. The Morgan fingerprint density at radius 3 is 2.68 bits per heavy atom. The minimum atomic E-state index is -3.68. The van der Waals surface area contributed by atoms with E-state index in [9.17, 15) is 13.2 Å². The van der Waals surface area contributed by atoms with Gasteiger partial charge in [0.05, 0.1) is 6.20 Å². The first kappa shape index (κ1) is 15.6. The number of hydrogen-bond donors (Lipinski definition) is 2. The quantitative estimate of drug-likeness (QED) is 0.774. The molecule has 0 spiro atoms. The third-order valence-corrected chi connectivity index (χ3v) is 4.16. The van der Waals surface area contributed by atoms with Crippen molar-refractivity contribution in [3.63, 3.8) is 0 Å². The molecule has 0 saturated heterocycles. The Balaban J connectivity index is 2.89. The number of sulfonamides is 1. The van der Waals surface area contributed by atoms with Crippen molar-refractivity contribution in [2.45, 2.75) is 50.6 Å². The van der Waals surface area contributed by atoms with E-state index in [0.29, 0.717) is 6.42 Å². The summed E-state index contributed by atoms with van der Waals surface area (Å²) < 4.78 is 27.9. The predicted octanol–water partition coefficient (Wildman–Crippen LogP) is 0.825. The molecule has 0 aliphatic carbocycles. The molecule has 1 rings (SSSR count). The minimum Gasteiger partial charge on any atom is -0.480 e. The van der Waals surface area contributed by atoms with Crippen molar-refractivity contribution in [1.29, 1.82) is 0 Å². The average molecular weight is 289 g/mol. The van der Waals surface area contributed by atoms with E-state index < -0.39 is 21.5 Å². The molecular formula is C11H19N3O4S. The standard InChI is InChI=1S/C11H19N3O4S/c1-4-5-11(2,3)13-19(17,18)9-6-12-14(7-9)8-10(15)16/h6-7,13H,4-5,8H2,1-3H3,(H,15,16). The number of aliphatic carboxylic acids is 1. The summed E-state index contributed by atoms with van der Waals surface area (Å²) >= 11 is 0. The van der Waals surface area contributed by atoms with Crippen LogP contribution in [-0.4, -0.2) is 34.8 Å². The van der Waals surface area contributed by atoms with Gasteiger partial charge in [-0.05, 0) is 20.3 Å². The van der Waals surface area contributed by atoms with Crippen LogP contribution >= 0.6 is 0 Å². The first-order chi connectivity index (χ1) is 8.66. The summed E-state index contributed by atoms with van der Waals surface area (Å²) in [6.07, 6.45) is 3.91. The number of carboxylic acids is 1. The Hall–Kier alpha value is -1.41. The molecule has 1 aromatic heterocycles. The van der Waals surface area contributed by atoms with Gasteiger partial charge in [0.2, 0.25) is 10.0 Å². The Labute approximate surface area is 112 Å². The van der Waals surface area contributed by atoms with Crippen LogP contribution in [0.1, 0.15) is 33.6 Å². The zero-order chi connectivity index (χ0) is 14.7. The lowest BCUT2D eigenvalue weighted by molar-refractivity contribution is -0.137. The van der Waals surface area contributed by atoms with Crippen LogP contribution in [0.25, 0.3) is 0 Å². The number of aromatic nitrogens is 2. The number of carboxylic acid groups (broad SMARTS) is 1. The van der Waals surface area contributed by atoms with E-state index in [1.807, 2.05) is 6.92 Å². The first-order valence-electron chi connectivity index (χ1n) is 5.94. The van der Waals surface area contributed by atoms with Gasteiger partial charge in [-0.1, -0.05) is 13.3 Å². The summed E-state index contributed by atoms with van der Waals surface area (Å²) in [7, 11) is -3.68. The molecule has 1 heterocycles. The van der Waals surface area contributed by atoms with Crippen LogP contribution in [0.5, 0.6) is 0 Å². The van der Waals surface area contributed by atoms with Gasteiger partial charge in [-0.2, -0.15) is 5.10 Å². The Bertz CT molecular complexity index is 548. The summed E-state index contributed by atoms with van der Waals surface area (Å²) in [5, 5.41) is 12.3. The average Bonchev–Trinajstić information content (AvgIpc) is 2.63. The molecule has 8 heteroatoms. The summed E-state index contributed by atoms with van der Waals surface area (Å²) in [4.78, 5) is 10.5. The second-order valence-electron chi connectivity index (χ2n) is 5.01. The van der Waals surface area contributed by atoms with Crippen molar-refractivity contribution in [1.82, 2.24) is 14.5 Å². The maximum Gasteiger partial charge on any atom is 0.325 e. The van der Waals surface area contributed by atoms with Gasteiger partial charge in [0, 0.05) is 11.7 Å². The Morgan fingerprint density at radius 1 is 1.53 bits per heavy atom. The van der Waals surface area contributed by atoms with Gasteiger partial charge in [0.1, 0.15) is 11.4 Å². The van der Waals surface area contributed by atoms with Gasteiger partial charge in [0.25, 0.3) is 0 Å². The molecule has 0 radical (unpaired) electrons. The van der Waals surface area contributed by atoms with E-state index in [2.05, 4.69) is 9.82 Å². The fraction of sp³-hybridized carbons (Fsp3) is 0.636. The highest BCUT2D eigenvalue weighted by molar-refractivity contribution is 7.89. The number of nitrogens with zero attached hydrogens (tertiary/aromatic N) is 2. The van der Waals surface area contributed by atoms with Crippen LogP contribution in [0.4, 0.5) is 0 Å². The summed E-state index contributed by atoms with van der Waals surface area (Å²) in [5.41, 5.74) is -0.553. The normalized spacial score (nSPS) is 12.6. The third kappa shape index (κ3) is 4.64.